The predicted octanol–water partition coefficient (Wildman–Crippen LogP) is 3.24. The van der Waals surface area contributed by atoms with Crippen molar-refractivity contribution < 1.29 is 4.74 Å². The zero-order valence-corrected chi connectivity index (χ0v) is 10.4. The zero-order valence-electron chi connectivity index (χ0n) is 9.66. The fraction of sp³-hybridized carbons (Fsp3) is 0.462. The lowest BCUT2D eigenvalue weighted by atomic mass is 10.2. The third-order valence-electron chi connectivity index (χ3n) is 1.75. The molecule has 0 N–H and O–H groups in total. The molecule has 1 rings (SSSR count). The predicted molar refractivity (Wildman–Crippen MR) is 66.8 cm³/mol. The smallest absolute Gasteiger partial charge is 0.139 e. The second-order valence-corrected chi connectivity index (χ2v) is 4.05. The molecule has 0 unspecified atom stereocenters. The van der Waals surface area contributed by atoms with Gasteiger partial charge < -0.3 is 4.74 Å². The lowest BCUT2D eigenvalue weighted by Crippen LogP contribution is -2.05. The fourth-order valence-electron chi connectivity index (χ4n) is 1.14. The van der Waals surface area contributed by atoms with E-state index in [0.717, 1.165) is 24.2 Å². The Bertz CT molecular complexity index is 379. The van der Waals surface area contributed by atoms with E-state index in [9.17, 15) is 0 Å². The van der Waals surface area contributed by atoms with Gasteiger partial charge in [0, 0.05) is 24.1 Å². The monoisotopic (exact) mass is 237 g/mol. The molecule has 0 aliphatic rings. The van der Waals surface area contributed by atoms with Gasteiger partial charge in [-0.05, 0) is 26.3 Å². The van der Waals surface area contributed by atoms with Crippen molar-refractivity contribution in [2.24, 2.45) is 0 Å². The molecule has 1 aromatic heterocycles. The first kappa shape index (κ1) is 12.9. The van der Waals surface area contributed by atoms with E-state index in [1.807, 2.05) is 19.9 Å². The molecule has 0 saturated carbocycles. The van der Waals surface area contributed by atoms with Crippen molar-refractivity contribution >= 4 is 11.6 Å². The van der Waals surface area contributed by atoms with Crippen LogP contribution in [0.5, 0.6) is 5.75 Å². The molecule has 0 amide bonds. The molecule has 0 bridgehead atoms. The van der Waals surface area contributed by atoms with Crippen molar-refractivity contribution in [1.29, 1.82) is 0 Å². The second-order valence-electron chi connectivity index (χ2n) is 3.67. The number of nitrogens with zero attached hydrogens (tertiary/aromatic N) is 1. The van der Waals surface area contributed by atoms with Crippen LogP contribution < -0.4 is 4.74 Å². The van der Waals surface area contributed by atoms with Crippen molar-refractivity contribution in [2.75, 3.05) is 5.88 Å². The third-order valence-corrected chi connectivity index (χ3v) is 2.02. The number of ether oxygens (including phenoxy) is 1. The maximum absolute atomic E-state index is 5.57. The van der Waals surface area contributed by atoms with Crippen LogP contribution in [0.3, 0.4) is 0 Å². The van der Waals surface area contributed by atoms with Crippen LogP contribution >= 0.6 is 11.6 Å². The van der Waals surface area contributed by atoms with Crippen molar-refractivity contribution in [3.63, 3.8) is 0 Å². The summed E-state index contributed by atoms with van der Waals surface area (Å²) in [4.78, 5) is 4.08. The Kier molecular flexibility index (Phi) is 5.74. The summed E-state index contributed by atoms with van der Waals surface area (Å²) < 4.78 is 5.53. The summed E-state index contributed by atoms with van der Waals surface area (Å²) in [7, 11) is 0. The van der Waals surface area contributed by atoms with Gasteiger partial charge in [0.2, 0.25) is 0 Å². The first-order valence-corrected chi connectivity index (χ1v) is 5.92. The Morgan fingerprint density at radius 2 is 2.25 bits per heavy atom. The molecule has 1 heterocycles. The highest BCUT2D eigenvalue weighted by Crippen LogP contribution is 2.12. The summed E-state index contributed by atoms with van der Waals surface area (Å²) in [6.07, 6.45) is 5.33. The number of hydrogen-bond acceptors (Lipinski definition) is 2. The molecule has 0 radical (unpaired) electrons. The summed E-state index contributed by atoms with van der Waals surface area (Å²) in [6.45, 7) is 3.97. The Hall–Kier alpha value is -1.20. The quantitative estimate of drug-likeness (QED) is 0.456. The van der Waals surface area contributed by atoms with Gasteiger partial charge in [-0.2, -0.15) is 0 Å². The summed E-state index contributed by atoms with van der Waals surface area (Å²) in [6, 6.07) is 1.90. The van der Waals surface area contributed by atoms with E-state index in [-0.39, 0.29) is 6.10 Å². The van der Waals surface area contributed by atoms with E-state index in [1.54, 1.807) is 12.4 Å². The standard InChI is InChI=1S/C13H16ClNO/c1-11(2)16-13-8-12(9-15-10-13)6-4-3-5-7-14/h8-11H,3,5,7H2,1-2H3. The average Bonchev–Trinajstić information content (AvgIpc) is 2.24. The van der Waals surface area contributed by atoms with Crippen molar-refractivity contribution in [3.8, 4) is 17.6 Å². The largest absolute Gasteiger partial charge is 0.489 e. The maximum atomic E-state index is 5.57. The Labute approximate surface area is 102 Å². The lowest BCUT2D eigenvalue weighted by Gasteiger charge is -2.08. The van der Waals surface area contributed by atoms with Crippen LogP contribution in [0.25, 0.3) is 0 Å². The van der Waals surface area contributed by atoms with Gasteiger partial charge in [-0.15, -0.1) is 11.6 Å². The van der Waals surface area contributed by atoms with Crippen LogP contribution in [-0.2, 0) is 0 Å². The summed E-state index contributed by atoms with van der Waals surface area (Å²) in [5.74, 6) is 7.51. The molecule has 86 valence electrons. The van der Waals surface area contributed by atoms with Crippen molar-refractivity contribution in [3.05, 3.63) is 24.0 Å². The molecular weight excluding hydrogens is 222 g/mol. The first-order valence-electron chi connectivity index (χ1n) is 5.39. The Morgan fingerprint density at radius 1 is 1.44 bits per heavy atom. The molecule has 0 spiro atoms. The van der Waals surface area contributed by atoms with Crippen LogP contribution in [0.4, 0.5) is 0 Å². The number of rotatable bonds is 4. The van der Waals surface area contributed by atoms with Crippen LogP contribution in [0.15, 0.2) is 18.5 Å². The van der Waals surface area contributed by atoms with E-state index in [1.165, 1.54) is 0 Å². The highest BCUT2D eigenvalue weighted by atomic mass is 35.5. The Morgan fingerprint density at radius 3 is 2.94 bits per heavy atom. The number of halogens is 1. The highest BCUT2D eigenvalue weighted by Gasteiger charge is 1.98. The maximum Gasteiger partial charge on any atom is 0.139 e. The van der Waals surface area contributed by atoms with Gasteiger partial charge in [0.05, 0.1) is 12.3 Å². The van der Waals surface area contributed by atoms with E-state index in [2.05, 4.69) is 16.8 Å². The van der Waals surface area contributed by atoms with Gasteiger partial charge in [0.25, 0.3) is 0 Å². The van der Waals surface area contributed by atoms with Gasteiger partial charge in [0.15, 0.2) is 0 Å². The number of pyridine rings is 1. The van der Waals surface area contributed by atoms with Crippen LogP contribution in [0.2, 0.25) is 0 Å². The van der Waals surface area contributed by atoms with Gasteiger partial charge >= 0.3 is 0 Å². The molecule has 0 aliphatic heterocycles. The number of hydrogen-bond donors (Lipinski definition) is 0. The average molecular weight is 238 g/mol. The molecule has 0 saturated heterocycles. The van der Waals surface area contributed by atoms with E-state index in [0.29, 0.717) is 5.88 Å². The second kappa shape index (κ2) is 7.14. The molecule has 1 aromatic rings. The van der Waals surface area contributed by atoms with Crippen molar-refractivity contribution in [2.45, 2.75) is 32.8 Å². The fourth-order valence-corrected chi connectivity index (χ4v) is 1.28. The van der Waals surface area contributed by atoms with Gasteiger partial charge in [-0.1, -0.05) is 11.8 Å². The summed E-state index contributed by atoms with van der Waals surface area (Å²) in [5, 5.41) is 0. The highest BCUT2D eigenvalue weighted by molar-refractivity contribution is 6.17. The SMILES string of the molecule is CC(C)Oc1cncc(C#CCCCCl)c1. The van der Waals surface area contributed by atoms with Crippen LogP contribution in [-0.4, -0.2) is 17.0 Å². The molecule has 16 heavy (non-hydrogen) atoms. The van der Waals surface area contributed by atoms with Gasteiger partial charge in [-0.3, -0.25) is 4.98 Å². The van der Waals surface area contributed by atoms with Crippen LogP contribution in [0, 0.1) is 11.8 Å². The first-order chi connectivity index (χ1) is 7.72. The van der Waals surface area contributed by atoms with Crippen molar-refractivity contribution in [1.82, 2.24) is 4.98 Å². The number of aromatic nitrogens is 1. The normalized spacial score (nSPS) is 9.75. The van der Waals surface area contributed by atoms with E-state index < -0.39 is 0 Å². The minimum absolute atomic E-state index is 0.154. The topological polar surface area (TPSA) is 22.1 Å². The van der Waals surface area contributed by atoms with E-state index in [4.69, 9.17) is 16.3 Å². The lowest BCUT2D eigenvalue weighted by molar-refractivity contribution is 0.241. The molecule has 0 fully saturated rings. The van der Waals surface area contributed by atoms with Gasteiger partial charge in [-0.25, -0.2) is 0 Å². The van der Waals surface area contributed by atoms with Crippen LogP contribution in [0.1, 0.15) is 32.3 Å². The summed E-state index contributed by atoms with van der Waals surface area (Å²) in [5.41, 5.74) is 0.882. The van der Waals surface area contributed by atoms with E-state index >= 15 is 0 Å². The number of unbranched alkanes of at least 4 members (excludes halogenated alkanes) is 1. The molecule has 0 aromatic carbocycles. The van der Waals surface area contributed by atoms with Gasteiger partial charge in [0.1, 0.15) is 5.75 Å². The minimum Gasteiger partial charge on any atom is -0.489 e. The Balaban J connectivity index is 2.62. The third kappa shape index (κ3) is 5.04. The molecule has 0 atom stereocenters. The molecule has 0 aliphatic carbocycles. The zero-order chi connectivity index (χ0) is 11.8. The minimum atomic E-state index is 0.154. The molecule has 2 nitrogen and oxygen atoms in total. The summed E-state index contributed by atoms with van der Waals surface area (Å²) >= 11 is 5.57. The number of alkyl halides is 1. The molecular formula is C13H16ClNO. The molecule has 3 heteroatoms.